The van der Waals surface area contributed by atoms with Gasteiger partial charge in [-0.25, -0.2) is 9.59 Å². The lowest BCUT2D eigenvalue weighted by Gasteiger charge is -2.42. The number of piperazine rings is 1. The van der Waals surface area contributed by atoms with E-state index in [1.807, 2.05) is 12.3 Å². The molecule has 1 aromatic heterocycles. The number of aromatic nitrogens is 1. The van der Waals surface area contributed by atoms with Gasteiger partial charge >= 0.3 is 11.9 Å². The molecule has 0 amide bonds. The van der Waals surface area contributed by atoms with Gasteiger partial charge in [0, 0.05) is 45.0 Å². The smallest absolute Gasteiger partial charge is 0.414 e. The Morgan fingerprint density at radius 2 is 1.81 bits per heavy atom. The molecule has 0 bridgehead atoms. The summed E-state index contributed by atoms with van der Waals surface area (Å²) in [7, 11) is 0. The number of hydrogen-bond donors (Lipinski definition) is 2. The van der Waals surface area contributed by atoms with Crippen LogP contribution in [0.4, 0.5) is 0 Å². The van der Waals surface area contributed by atoms with E-state index in [0.29, 0.717) is 0 Å². The number of aliphatic carboxylic acids is 2. The normalized spacial score (nSPS) is 24.3. The van der Waals surface area contributed by atoms with E-state index >= 15 is 0 Å². The second-order valence-electron chi connectivity index (χ2n) is 7.17. The molecule has 2 N–H and O–H groups in total. The van der Waals surface area contributed by atoms with Crippen molar-refractivity contribution in [2.24, 2.45) is 5.92 Å². The molecule has 3 rings (SSSR count). The molecule has 7 nitrogen and oxygen atoms in total. The SMILES string of the molecule is CC1CCCC(N2CCN(Cc3ccccn3)CC2)C1.O=C(O)C(=O)O. The highest BCUT2D eigenvalue weighted by molar-refractivity contribution is 6.27. The average Bonchev–Trinajstić information content (AvgIpc) is 2.64. The van der Waals surface area contributed by atoms with Crippen LogP contribution in [0.1, 0.15) is 38.3 Å². The Labute approximate surface area is 154 Å². The minimum atomic E-state index is -1.82. The minimum Gasteiger partial charge on any atom is -0.473 e. The summed E-state index contributed by atoms with van der Waals surface area (Å²) >= 11 is 0. The lowest BCUT2D eigenvalue weighted by atomic mass is 9.86. The van der Waals surface area contributed by atoms with Gasteiger partial charge in [0.15, 0.2) is 0 Å². The van der Waals surface area contributed by atoms with Crippen LogP contribution in [0, 0.1) is 5.92 Å². The maximum atomic E-state index is 9.10. The van der Waals surface area contributed by atoms with Crippen LogP contribution in [0.5, 0.6) is 0 Å². The molecule has 2 unspecified atom stereocenters. The van der Waals surface area contributed by atoms with Crippen molar-refractivity contribution in [1.82, 2.24) is 14.8 Å². The van der Waals surface area contributed by atoms with Crippen molar-refractivity contribution < 1.29 is 19.8 Å². The van der Waals surface area contributed by atoms with E-state index in [4.69, 9.17) is 19.8 Å². The van der Waals surface area contributed by atoms with Gasteiger partial charge in [0.1, 0.15) is 0 Å². The molecule has 1 saturated heterocycles. The predicted octanol–water partition coefficient (Wildman–Crippen LogP) is 1.93. The van der Waals surface area contributed by atoms with Crippen LogP contribution in [0.15, 0.2) is 24.4 Å². The number of carboxylic acids is 2. The second-order valence-corrected chi connectivity index (χ2v) is 7.17. The standard InChI is InChI=1S/C17H27N3.C2H2O4/c1-15-5-4-7-17(13-15)20-11-9-19(10-12-20)14-16-6-2-3-8-18-16;3-1(4)2(5)6/h2-3,6,8,15,17H,4-5,7,9-14H2,1H3;(H,3,4)(H,5,6). The zero-order valence-corrected chi connectivity index (χ0v) is 15.4. The molecule has 0 spiro atoms. The van der Waals surface area contributed by atoms with Crippen molar-refractivity contribution in [2.45, 2.75) is 45.2 Å². The van der Waals surface area contributed by atoms with Crippen molar-refractivity contribution in [1.29, 1.82) is 0 Å². The highest BCUT2D eigenvalue weighted by Crippen LogP contribution is 2.28. The van der Waals surface area contributed by atoms with E-state index in [9.17, 15) is 0 Å². The molecule has 7 heteroatoms. The van der Waals surface area contributed by atoms with Crippen LogP contribution in [-0.4, -0.2) is 69.2 Å². The third-order valence-electron chi connectivity index (χ3n) is 5.13. The topological polar surface area (TPSA) is 94.0 Å². The molecule has 1 aromatic rings. The van der Waals surface area contributed by atoms with Crippen molar-refractivity contribution in [3.05, 3.63) is 30.1 Å². The van der Waals surface area contributed by atoms with Crippen LogP contribution in [-0.2, 0) is 16.1 Å². The van der Waals surface area contributed by atoms with E-state index in [2.05, 4.69) is 33.8 Å². The first kappa shape index (κ1) is 20.3. The molecule has 2 heterocycles. The molecule has 1 aliphatic heterocycles. The molecule has 0 aromatic carbocycles. The van der Waals surface area contributed by atoms with Crippen LogP contribution in [0.3, 0.4) is 0 Å². The van der Waals surface area contributed by atoms with E-state index in [-0.39, 0.29) is 0 Å². The molecule has 0 radical (unpaired) electrons. The van der Waals surface area contributed by atoms with Gasteiger partial charge in [-0.3, -0.25) is 14.8 Å². The van der Waals surface area contributed by atoms with Crippen LogP contribution in [0.2, 0.25) is 0 Å². The quantitative estimate of drug-likeness (QED) is 0.793. The number of pyridine rings is 1. The Morgan fingerprint density at radius 3 is 2.35 bits per heavy atom. The Kier molecular flexibility index (Phi) is 8.00. The van der Waals surface area contributed by atoms with Gasteiger partial charge in [-0.05, 0) is 30.9 Å². The molecule has 2 atom stereocenters. The van der Waals surface area contributed by atoms with Gasteiger partial charge in [0.25, 0.3) is 0 Å². The lowest BCUT2D eigenvalue weighted by molar-refractivity contribution is -0.159. The van der Waals surface area contributed by atoms with E-state index in [0.717, 1.165) is 18.5 Å². The third-order valence-corrected chi connectivity index (χ3v) is 5.13. The Morgan fingerprint density at radius 1 is 1.12 bits per heavy atom. The average molecular weight is 363 g/mol. The fourth-order valence-electron chi connectivity index (χ4n) is 3.74. The van der Waals surface area contributed by atoms with Gasteiger partial charge in [-0.1, -0.05) is 25.8 Å². The summed E-state index contributed by atoms with van der Waals surface area (Å²) in [5, 5.41) is 14.8. The summed E-state index contributed by atoms with van der Waals surface area (Å²) < 4.78 is 0. The van der Waals surface area contributed by atoms with Gasteiger partial charge in [0.05, 0.1) is 5.69 Å². The summed E-state index contributed by atoms with van der Waals surface area (Å²) in [4.78, 5) is 27.9. The fourth-order valence-corrected chi connectivity index (χ4v) is 3.74. The summed E-state index contributed by atoms with van der Waals surface area (Å²) in [5.41, 5.74) is 1.20. The molecule has 1 aliphatic carbocycles. The molecular formula is C19H29N3O4. The molecule has 1 saturated carbocycles. The maximum Gasteiger partial charge on any atom is 0.414 e. The summed E-state index contributed by atoms with van der Waals surface area (Å²) in [6.07, 6.45) is 7.61. The zero-order chi connectivity index (χ0) is 18.9. The van der Waals surface area contributed by atoms with Gasteiger partial charge in [0.2, 0.25) is 0 Å². The van der Waals surface area contributed by atoms with Crippen molar-refractivity contribution in [2.75, 3.05) is 26.2 Å². The first-order valence-corrected chi connectivity index (χ1v) is 9.28. The predicted molar refractivity (Wildman–Crippen MR) is 97.8 cm³/mol. The van der Waals surface area contributed by atoms with Crippen LogP contribution < -0.4 is 0 Å². The van der Waals surface area contributed by atoms with Gasteiger partial charge in [-0.15, -0.1) is 0 Å². The van der Waals surface area contributed by atoms with E-state index < -0.39 is 11.9 Å². The summed E-state index contributed by atoms with van der Waals surface area (Å²) in [6.45, 7) is 8.30. The largest absolute Gasteiger partial charge is 0.473 e. The summed E-state index contributed by atoms with van der Waals surface area (Å²) in [6, 6.07) is 7.07. The van der Waals surface area contributed by atoms with Crippen molar-refractivity contribution >= 4 is 11.9 Å². The Bertz CT molecular complexity index is 561. The van der Waals surface area contributed by atoms with E-state index in [1.54, 1.807) is 0 Å². The lowest BCUT2D eigenvalue weighted by Crippen LogP contribution is -2.51. The minimum absolute atomic E-state index is 0.857. The summed E-state index contributed by atoms with van der Waals surface area (Å²) in [5.74, 6) is -2.72. The number of hydrogen-bond acceptors (Lipinski definition) is 5. The highest BCUT2D eigenvalue weighted by atomic mass is 16.4. The highest BCUT2D eigenvalue weighted by Gasteiger charge is 2.27. The number of carboxylic acid groups (broad SMARTS) is 2. The van der Waals surface area contributed by atoms with Crippen LogP contribution >= 0.6 is 0 Å². The van der Waals surface area contributed by atoms with Gasteiger partial charge in [-0.2, -0.15) is 0 Å². The number of nitrogens with zero attached hydrogens (tertiary/aromatic N) is 3. The van der Waals surface area contributed by atoms with Gasteiger partial charge < -0.3 is 10.2 Å². The first-order valence-electron chi connectivity index (χ1n) is 9.28. The molecule has 2 fully saturated rings. The number of carbonyl (C=O) groups is 2. The maximum absolute atomic E-state index is 9.10. The third kappa shape index (κ3) is 6.72. The molecular weight excluding hydrogens is 334 g/mol. The first-order chi connectivity index (χ1) is 12.5. The van der Waals surface area contributed by atoms with E-state index in [1.165, 1.54) is 57.6 Å². The van der Waals surface area contributed by atoms with Crippen molar-refractivity contribution in [3.8, 4) is 0 Å². The Hall–Kier alpha value is -1.99. The zero-order valence-electron chi connectivity index (χ0n) is 15.4. The van der Waals surface area contributed by atoms with Crippen molar-refractivity contribution in [3.63, 3.8) is 0 Å². The molecule has 144 valence electrons. The second kappa shape index (κ2) is 10.2. The number of rotatable bonds is 3. The molecule has 26 heavy (non-hydrogen) atoms. The fraction of sp³-hybridized carbons (Fsp3) is 0.632. The van der Waals surface area contributed by atoms with Crippen LogP contribution in [0.25, 0.3) is 0 Å². The molecule has 2 aliphatic rings. The Balaban J connectivity index is 0.000000352. The monoisotopic (exact) mass is 363 g/mol.